The van der Waals surface area contributed by atoms with Crippen LogP contribution < -0.4 is 10.6 Å². The van der Waals surface area contributed by atoms with Gasteiger partial charge in [-0.25, -0.2) is 13.6 Å². The van der Waals surface area contributed by atoms with E-state index in [-0.39, 0.29) is 17.2 Å². The Morgan fingerprint density at radius 1 is 0.897 bits per heavy atom. The van der Waals surface area contributed by atoms with Crippen molar-refractivity contribution in [3.05, 3.63) is 82.1 Å². The molecule has 0 bridgehead atoms. The Labute approximate surface area is 168 Å². The predicted molar refractivity (Wildman–Crippen MR) is 104 cm³/mol. The minimum absolute atomic E-state index is 0.0308. The Morgan fingerprint density at radius 3 is 2.41 bits per heavy atom. The maximum absolute atomic E-state index is 13.1. The molecule has 0 aliphatic carbocycles. The summed E-state index contributed by atoms with van der Waals surface area (Å²) in [5.41, 5.74) is 0.557. The van der Waals surface area contributed by atoms with E-state index in [0.717, 1.165) is 12.1 Å². The molecule has 29 heavy (non-hydrogen) atoms. The number of esters is 1. The van der Waals surface area contributed by atoms with Gasteiger partial charge in [0.1, 0.15) is 0 Å². The lowest BCUT2D eigenvalue weighted by atomic mass is 10.2. The molecule has 2 amide bonds. The summed E-state index contributed by atoms with van der Waals surface area (Å²) in [5.74, 6) is -3.96. The van der Waals surface area contributed by atoms with Crippen molar-refractivity contribution < 1.29 is 27.9 Å². The molecule has 0 unspecified atom stereocenters. The molecule has 0 saturated heterocycles. The van der Waals surface area contributed by atoms with Crippen LogP contribution in [0.15, 0.2) is 60.0 Å². The lowest BCUT2D eigenvalue weighted by molar-refractivity contribution is -0.119. The van der Waals surface area contributed by atoms with Crippen LogP contribution in [0.1, 0.15) is 20.0 Å². The summed E-state index contributed by atoms with van der Waals surface area (Å²) in [6.45, 7) is -0.621. The molecule has 3 aromatic rings. The lowest BCUT2D eigenvalue weighted by Gasteiger charge is -2.08. The highest BCUT2D eigenvalue weighted by Crippen LogP contribution is 2.16. The zero-order valence-electron chi connectivity index (χ0n) is 14.8. The van der Waals surface area contributed by atoms with Gasteiger partial charge in [0.25, 0.3) is 11.8 Å². The standard InChI is InChI=1S/C20H14F2N2O4S/c21-15-7-6-14(10-16(15)22)23-18(25)11-28-20(27)12-3-1-4-13(9-12)24-19(26)17-5-2-8-29-17/h1-10H,11H2,(H,23,25)(H,24,26). The van der Waals surface area contributed by atoms with Gasteiger partial charge in [0.15, 0.2) is 18.2 Å². The Kier molecular flexibility index (Phi) is 6.30. The van der Waals surface area contributed by atoms with E-state index in [4.69, 9.17) is 4.74 Å². The second kappa shape index (κ2) is 9.07. The van der Waals surface area contributed by atoms with E-state index in [1.807, 2.05) is 0 Å². The largest absolute Gasteiger partial charge is 0.452 e. The number of rotatable bonds is 6. The molecule has 0 saturated carbocycles. The number of anilines is 2. The monoisotopic (exact) mass is 416 g/mol. The SMILES string of the molecule is O=C(COC(=O)c1cccc(NC(=O)c2cccs2)c1)Nc1ccc(F)c(F)c1. The minimum atomic E-state index is -1.11. The molecule has 3 rings (SSSR count). The zero-order valence-corrected chi connectivity index (χ0v) is 15.6. The minimum Gasteiger partial charge on any atom is -0.452 e. The third kappa shape index (κ3) is 5.45. The first-order valence-electron chi connectivity index (χ1n) is 8.29. The average molecular weight is 416 g/mol. The number of amides is 2. The maximum Gasteiger partial charge on any atom is 0.338 e. The molecule has 148 valence electrons. The van der Waals surface area contributed by atoms with Crippen LogP contribution in [0.4, 0.5) is 20.2 Å². The summed E-state index contributed by atoms with van der Waals surface area (Å²) in [4.78, 5) is 36.6. The quantitative estimate of drug-likeness (QED) is 0.593. The zero-order chi connectivity index (χ0) is 20.8. The molecule has 0 radical (unpaired) electrons. The number of hydrogen-bond donors (Lipinski definition) is 2. The van der Waals surface area contributed by atoms with Crippen molar-refractivity contribution >= 4 is 40.5 Å². The van der Waals surface area contributed by atoms with Crippen LogP contribution in [-0.4, -0.2) is 24.4 Å². The van der Waals surface area contributed by atoms with E-state index in [1.165, 1.54) is 29.5 Å². The summed E-state index contributed by atoms with van der Waals surface area (Å²) >= 11 is 1.28. The van der Waals surface area contributed by atoms with Gasteiger partial charge in [0, 0.05) is 17.4 Å². The summed E-state index contributed by atoms with van der Waals surface area (Å²) in [7, 11) is 0. The number of carbonyl (C=O) groups is 3. The molecular formula is C20H14F2N2O4S. The highest BCUT2D eigenvalue weighted by atomic mass is 32.1. The van der Waals surface area contributed by atoms with E-state index in [1.54, 1.807) is 29.6 Å². The molecule has 2 aromatic carbocycles. The summed E-state index contributed by atoms with van der Waals surface area (Å²) in [5, 5.41) is 6.73. The maximum atomic E-state index is 13.1. The Morgan fingerprint density at radius 2 is 1.69 bits per heavy atom. The topological polar surface area (TPSA) is 84.5 Å². The molecule has 0 spiro atoms. The van der Waals surface area contributed by atoms with Crippen molar-refractivity contribution in [1.29, 1.82) is 0 Å². The summed E-state index contributed by atoms with van der Waals surface area (Å²) < 4.78 is 30.9. The van der Waals surface area contributed by atoms with Gasteiger partial charge < -0.3 is 15.4 Å². The first-order valence-corrected chi connectivity index (χ1v) is 9.17. The number of carbonyl (C=O) groups excluding carboxylic acids is 3. The predicted octanol–water partition coefficient (Wildman–Crippen LogP) is 4.07. The average Bonchev–Trinajstić information content (AvgIpc) is 3.24. The van der Waals surface area contributed by atoms with Gasteiger partial charge in [-0.15, -0.1) is 11.3 Å². The summed E-state index contributed by atoms with van der Waals surface area (Å²) in [6, 6.07) is 12.3. The van der Waals surface area contributed by atoms with Crippen molar-refractivity contribution in [1.82, 2.24) is 0 Å². The van der Waals surface area contributed by atoms with Crippen molar-refractivity contribution in [2.75, 3.05) is 17.2 Å². The Bertz CT molecular complexity index is 1050. The molecule has 1 heterocycles. The Balaban J connectivity index is 1.55. The van der Waals surface area contributed by atoms with Crippen LogP contribution >= 0.6 is 11.3 Å². The lowest BCUT2D eigenvalue weighted by Crippen LogP contribution is -2.21. The van der Waals surface area contributed by atoms with Crippen LogP contribution in [0.2, 0.25) is 0 Å². The van der Waals surface area contributed by atoms with Gasteiger partial charge in [0.2, 0.25) is 0 Å². The number of ether oxygens (including phenoxy) is 1. The van der Waals surface area contributed by atoms with Crippen LogP contribution in [-0.2, 0) is 9.53 Å². The fraction of sp³-hybridized carbons (Fsp3) is 0.0500. The second-order valence-electron chi connectivity index (χ2n) is 5.77. The highest BCUT2D eigenvalue weighted by molar-refractivity contribution is 7.12. The van der Waals surface area contributed by atoms with Gasteiger partial charge in [-0.05, 0) is 41.8 Å². The van der Waals surface area contributed by atoms with E-state index >= 15 is 0 Å². The van der Waals surface area contributed by atoms with Gasteiger partial charge in [-0.2, -0.15) is 0 Å². The third-order valence-electron chi connectivity index (χ3n) is 3.64. The van der Waals surface area contributed by atoms with Gasteiger partial charge in [-0.1, -0.05) is 12.1 Å². The number of thiophene rings is 1. The Hall–Kier alpha value is -3.59. The van der Waals surface area contributed by atoms with Gasteiger partial charge >= 0.3 is 5.97 Å². The molecule has 2 N–H and O–H groups in total. The van der Waals surface area contributed by atoms with Crippen molar-refractivity contribution in [2.24, 2.45) is 0 Å². The molecular weight excluding hydrogens is 402 g/mol. The van der Waals surface area contributed by atoms with Crippen LogP contribution in [0.3, 0.4) is 0 Å². The third-order valence-corrected chi connectivity index (χ3v) is 4.51. The van der Waals surface area contributed by atoms with E-state index in [9.17, 15) is 23.2 Å². The molecule has 0 atom stereocenters. The number of halogens is 2. The first-order chi connectivity index (χ1) is 13.9. The number of hydrogen-bond acceptors (Lipinski definition) is 5. The highest BCUT2D eigenvalue weighted by Gasteiger charge is 2.13. The van der Waals surface area contributed by atoms with Crippen molar-refractivity contribution in [3.63, 3.8) is 0 Å². The van der Waals surface area contributed by atoms with Crippen LogP contribution in [0, 0.1) is 11.6 Å². The molecule has 1 aromatic heterocycles. The smallest absolute Gasteiger partial charge is 0.338 e. The van der Waals surface area contributed by atoms with Crippen LogP contribution in [0.25, 0.3) is 0 Å². The van der Waals surface area contributed by atoms with E-state index in [0.29, 0.717) is 10.6 Å². The fourth-order valence-electron chi connectivity index (χ4n) is 2.31. The second-order valence-corrected chi connectivity index (χ2v) is 6.71. The molecule has 6 nitrogen and oxygen atoms in total. The van der Waals surface area contributed by atoms with Crippen LogP contribution in [0.5, 0.6) is 0 Å². The van der Waals surface area contributed by atoms with Crippen molar-refractivity contribution in [2.45, 2.75) is 0 Å². The number of nitrogens with one attached hydrogen (secondary N) is 2. The van der Waals surface area contributed by atoms with E-state index < -0.39 is 30.1 Å². The summed E-state index contributed by atoms with van der Waals surface area (Å²) in [6.07, 6.45) is 0. The van der Waals surface area contributed by atoms with Gasteiger partial charge in [-0.3, -0.25) is 9.59 Å². The molecule has 0 aliphatic rings. The van der Waals surface area contributed by atoms with Crippen molar-refractivity contribution in [3.8, 4) is 0 Å². The molecule has 0 fully saturated rings. The molecule has 9 heteroatoms. The molecule has 0 aliphatic heterocycles. The van der Waals surface area contributed by atoms with Gasteiger partial charge in [0.05, 0.1) is 10.4 Å². The first kappa shape index (κ1) is 20.2. The van der Waals surface area contributed by atoms with E-state index in [2.05, 4.69) is 10.6 Å². The fourth-order valence-corrected chi connectivity index (χ4v) is 2.93. The number of benzene rings is 2. The normalized spacial score (nSPS) is 10.3.